The van der Waals surface area contributed by atoms with Crippen LogP contribution in [-0.2, 0) is 0 Å². The first-order chi connectivity index (χ1) is 10.0. The largest absolute Gasteiger partial charge is 0.393 e. The molecule has 0 aromatic carbocycles. The molecule has 0 aliphatic heterocycles. The van der Waals surface area contributed by atoms with Crippen LogP contribution in [0.15, 0.2) is 38.0 Å². The van der Waals surface area contributed by atoms with Gasteiger partial charge in [0.1, 0.15) is 0 Å². The van der Waals surface area contributed by atoms with Gasteiger partial charge < -0.3 is 15.3 Å². The van der Waals surface area contributed by atoms with Gasteiger partial charge in [-0.1, -0.05) is 31.4 Å². The molecule has 0 atom stereocenters. The van der Waals surface area contributed by atoms with Crippen LogP contribution in [0, 0.1) is 5.92 Å². The van der Waals surface area contributed by atoms with Crippen LogP contribution >= 0.6 is 0 Å². The summed E-state index contributed by atoms with van der Waals surface area (Å²) in [6.45, 7) is 10.4. The Morgan fingerprint density at radius 1 is 0.571 bits per heavy atom. The third-order valence-electron chi connectivity index (χ3n) is 3.91. The van der Waals surface area contributed by atoms with E-state index in [2.05, 4.69) is 19.7 Å². The Morgan fingerprint density at radius 2 is 0.857 bits per heavy atom. The van der Waals surface area contributed by atoms with Crippen molar-refractivity contribution in [3.8, 4) is 0 Å². The second-order valence-electron chi connectivity index (χ2n) is 5.74. The van der Waals surface area contributed by atoms with Gasteiger partial charge in [-0.3, -0.25) is 0 Å². The van der Waals surface area contributed by atoms with Crippen molar-refractivity contribution in [3.05, 3.63) is 38.0 Å². The molecule has 0 saturated heterocycles. The second-order valence-corrected chi connectivity index (χ2v) is 5.74. The molecule has 2 aliphatic carbocycles. The summed E-state index contributed by atoms with van der Waals surface area (Å²) in [5.41, 5.74) is 0. The molecular weight excluding hydrogens is 264 g/mol. The Kier molecular flexibility index (Phi) is 12.3. The van der Waals surface area contributed by atoms with Crippen molar-refractivity contribution in [1.82, 2.24) is 0 Å². The van der Waals surface area contributed by atoms with Crippen molar-refractivity contribution in [1.29, 1.82) is 0 Å². The molecule has 3 heteroatoms. The first kappa shape index (κ1) is 20.1. The van der Waals surface area contributed by atoms with Crippen molar-refractivity contribution in [2.45, 2.75) is 69.7 Å². The van der Waals surface area contributed by atoms with E-state index in [9.17, 15) is 0 Å². The SMILES string of the molecule is C=CC1CCC(O)CC1.C=CC=C.OC1CCC(O)CC1. The van der Waals surface area contributed by atoms with E-state index in [1.165, 1.54) is 0 Å². The highest BCUT2D eigenvalue weighted by molar-refractivity contribution is 4.88. The lowest BCUT2D eigenvalue weighted by Gasteiger charge is -2.22. The molecular formula is C18H32O3. The van der Waals surface area contributed by atoms with Crippen LogP contribution in [0.25, 0.3) is 0 Å². The lowest BCUT2D eigenvalue weighted by molar-refractivity contribution is 0.0541. The second kappa shape index (κ2) is 12.8. The maximum absolute atomic E-state index is 9.09. The van der Waals surface area contributed by atoms with Crippen molar-refractivity contribution in [2.75, 3.05) is 0 Å². The standard InChI is InChI=1S/C8H14O.C6H12O2.C4H6/c1-2-7-3-5-8(9)6-4-7;7-5-1-2-6(8)4-3-5;1-3-4-2/h2,7-9H,1,3-6H2;5-8H,1-4H2;3-4H,1-2H2. The Morgan fingerprint density at radius 3 is 1.10 bits per heavy atom. The van der Waals surface area contributed by atoms with E-state index in [1.54, 1.807) is 12.2 Å². The molecule has 3 nitrogen and oxygen atoms in total. The number of rotatable bonds is 2. The number of aliphatic hydroxyl groups excluding tert-OH is 3. The summed E-state index contributed by atoms with van der Waals surface area (Å²) < 4.78 is 0. The van der Waals surface area contributed by atoms with Crippen LogP contribution in [0.5, 0.6) is 0 Å². The lowest BCUT2D eigenvalue weighted by atomic mass is 9.88. The predicted molar refractivity (Wildman–Crippen MR) is 89.0 cm³/mol. The van der Waals surface area contributed by atoms with Gasteiger partial charge in [0.2, 0.25) is 0 Å². The molecule has 2 saturated carbocycles. The fraction of sp³-hybridized carbons (Fsp3) is 0.667. The molecule has 0 radical (unpaired) electrons. The summed E-state index contributed by atoms with van der Waals surface area (Å²) in [4.78, 5) is 0. The van der Waals surface area contributed by atoms with Crippen molar-refractivity contribution in [3.63, 3.8) is 0 Å². The maximum atomic E-state index is 9.09. The van der Waals surface area contributed by atoms with E-state index in [0.717, 1.165) is 51.4 Å². The highest BCUT2D eigenvalue weighted by Gasteiger charge is 2.16. The predicted octanol–water partition coefficient (Wildman–Crippen LogP) is 3.36. The Labute approximate surface area is 129 Å². The molecule has 21 heavy (non-hydrogen) atoms. The summed E-state index contributed by atoms with van der Waals surface area (Å²) in [6, 6.07) is 0. The number of aliphatic hydroxyl groups is 3. The van der Waals surface area contributed by atoms with Gasteiger partial charge in [-0.05, 0) is 57.3 Å². The minimum Gasteiger partial charge on any atom is -0.393 e. The minimum absolute atomic E-state index is 0.0267. The summed E-state index contributed by atoms with van der Waals surface area (Å²) >= 11 is 0. The van der Waals surface area contributed by atoms with Gasteiger partial charge >= 0.3 is 0 Å². The summed E-state index contributed by atoms with van der Waals surface area (Å²) in [5.74, 6) is 0.674. The summed E-state index contributed by atoms with van der Waals surface area (Å²) in [7, 11) is 0. The minimum atomic E-state index is -0.140. The highest BCUT2D eigenvalue weighted by atomic mass is 16.3. The average Bonchev–Trinajstić information content (AvgIpc) is 2.52. The molecule has 3 N–H and O–H groups in total. The molecule has 0 aromatic heterocycles. The van der Waals surface area contributed by atoms with Crippen molar-refractivity contribution in [2.24, 2.45) is 5.92 Å². The fourth-order valence-electron chi connectivity index (χ4n) is 2.40. The quantitative estimate of drug-likeness (QED) is 0.541. The molecule has 0 bridgehead atoms. The van der Waals surface area contributed by atoms with Gasteiger partial charge in [0.25, 0.3) is 0 Å². The van der Waals surface area contributed by atoms with Crippen molar-refractivity contribution < 1.29 is 15.3 Å². The van der Waals surface area contributed by atoms with Crippen LogP contribution < -0.4 is 0 Å². The molecule has 0 heterocycles. The molecule has 2 rings (SSSR count). The summed E-state index contributed by atoms with van der Waals surface area (Å²) in [5, 5.41) is 26.9. The number of hydrogen-bond acceptors (Lipinski definition) is 3. The lowest BCUT2D eigenvalue weighted by Crippen LogP contribution is -2.21. The monoisotopic (exact) mass is 296 g/mol. The van der Waals surface area contributed by atoms with Crippen LogP contribution in [0.4, 0.5) is 0 Å². The fourth-order valence-corrected chi connectivity index (χ4v) is 2.40. The molecule has 0 aromatic rings. The van der Waals surface area contributed by atoms with Gasteiger partial charge in [-0.2, -0.15) is 0 Å². The van der Waals surface area contributed by atoms with Gasteiger partial charge in [-0.15, -0.1) is 6.58 Å². The van der Waals surface area contributed by atoms with E-state index < -0.39 is 0 Å². The van der Waals surface area contributed by atoms with E-state index in [1.807, 2.05) is 6.08 Å². The van der Waals surface area contributed by atoms with Gasteiger partial charge in [0, 0.05) is 0 Å². The first-order valence-electron chi connectivity index (χ1n) is 7.93. The molecule has 122 valence electrons. The van der Waals surface area contributed by atoms with Crippen LogP contribution in [0.3, 0.4) is 0 Å². The third-order valence-corrected chi connectivity index (χ3v) is 3.91. The Balaban J connectivity index is 0.000000308. The van der Waals surface area contributed by atoms with E-state index in [0.29, 0.717) is 5.92 Å². The average molecular weight is 296 g/mol. The first-order valence-corrected chi connectivity index (χ1v) is 7.93. The zero-order valence-corrected chi connectivity index (χ0v) is 13.2. The van der Waals surface area contributed by atoms with E-state index >= 15 is 0 Å². The normalized spacial score (nSPS) is 31.6. The highest BCUT2D eigenvalue weighted by Crippen LogP contribution is 2.24. The molecule has 0 unspecified atom stereocenters. The Bertz CT molecular complexity index is 256. The number of hydrogen-bond donors (Lipinski definition) is 3. The summed E-state index contributed by atoms with van der Waals surface area (Å²) in [6.07, 6.45) is 12.3. The molecule has 0 amide bonds. The Hall–Kier alpha value is -0.900. The molecule has 2 fully saturated rings. The van der Waals surface area contributed by atoms with Gasteiger partial charge in [0.05, 0.1) is 18.3 Å². The van der Waals surface area contributed by atoms with Crippen LogP contribution in [0.1, 0.15) is 51.4 Å². The smallest absolute Gasteiger partial charge is 0.0542 e. The van der Waals surface area contributed by atoms with Crippen LogP contribution in [-0.4, -0.2) is 33.6 Å². The number of allylic oxidation sites excluding steroid dienone is 3. The van der Waals surface area contributed by atoms with Crippen LogP contribution in [0.2, 0.25) is 0 Å². The van der Waals surface area contributed by atoms with E-state index in [-0.39, 0.29) is 18.3 Å². The topological polar surface area (TPSA) is 60.7 Å². The van der Waals surface area contributed by atoms with Crippen molar-refractivity contribution >= 4 is 0 Å². The maximum Gasteiger partial charge on any atom is 0.0542 e. The zero-order valence-electron chi connectivity index (χ0n) is 13.2. The zero-order chi connectivity index (χ0) is 16.1. The third kappa shape index (κ3) is 11.4. The van der Waals surface area contributed by atoms with Gasteiger partial charge in [0.15, 0.2) is 0 Å². The van der Waals surface area contributed by atoms with Gasteiger partial charge in [-0.25, -0.2) is 0 Å². The molecule has 2 aliphatic rings. The molecule has 0 spiro atoms. The van der Waals surface area contributed by atoms with E-state index in [4.69, 9.17) is 15.3 Å².